The summed E-state index contributed by atoms with van der Waals surface area (Å²) in [5.41, 5.74) is 8.65. The van der Waals surface area contributed by atoms with E-state index < -0.39 is 11.9 Å². The van der Waals surface area contributed by atoms with Gasteiger partial charge >= 0.3 is 0 Å². The van der Waals surface area contributed by atoms with Gasteiger partial charge in [-0.15, -0.1) is 0 Å². The second-order valence-electron chi connectivity index (χ2n) is 5.69. The SMILES string of the molecule is CC1=C(C(N)=O)[C@H](c2ccccc2)N=C(SCc2ccc(F)cc2)N1. The number of aliphatic imine (C=N–C) groups is 1. The predicted molar refractivity (Wildman–Crippen MR) is 99.3 cm³/mol. The van der Waals surface area contributed by atoms with Crippen LogP contribution in [0.1, 0.15) is 24.1 Å². The Balaban J connectivity index is 1.83. The van der Waals surface area contributed by atoms with E-state index in [0.717, 1.165) is 11.1 Å². The maximum Gasteiger partial charge on any atom is 0.248 e. The van der Waals surface area contributed by atoms with E-state index in [1.54, 1.807) is 12.1 Å². The molecule has 3 N–H and O–H groups in total. The van der Waals surface area contributed by atoms with Gasteiger partial charge < -0.3 is 11.1 Å². The molecule has 1 aliphatic heterocycles. The Morgan fingerprint density at radius 1 is 1.20 bits per heavy atom. The Bertz CT molecular complexity index is 832. The third-order valence-corrected chi connectivity index (χ3v) is 4.85. The first-order chi connectivity index (χ1) is 12.0. The molecule has 0 aromatic heterocycles. The number of nitrogens with two attached hydrogens (primary N) is 1. The molecular formula is C19H18FN3OS. The lowest BCUT2D eigenvalue weighted by atomic mass is 9.96. The minimum absolute atomic E-state index is 0.254. The van der Waals surface area contributed by atoms with Crippen LogP contribution in [0.5, 0.6) is 0 Å². The van der Waals surface area contributed by atoms with Crippen LogP contribution in [0.3, 0.4) is 0 Å². The second-order valence-corrected chi connectivity index (χ2v) is 6.65. The van der Waals surface area contributed by atoms with Crippen molar-refractivity contribution in [3.05, 3.63) is 82.8 Å². The summed E-state index contributed by atoms with van der Waals surface area (Å²) in [6, 6.07) is 15.5. The molecule has 0 bridgehead atoms. The fourth-order valence-corrected chi connectivity index (χ4v) is 3.55. The lowest BCUT2D eigenvalue weighted by Gasteiger charge is -2.25. The fraction of sp³-hybridized carbons (Fsp3) is 0.158. The number of allylic oxidation sites excluding steroid dienone is 1. The van der Waals surface area contributed by atoms with Gasteiger partial charge in [0.15, 0.2) is 5.17 Å². The molecule has 0 fully saturated rings. The lowest BCUT2D eigenvalue weighted by Crippen LogP contribution is -2.32. The summed E-state index contributed by atoms with van der Waals surface area (Å²) in [7, 11) is 0. The summed E-state index contributed by atoms with van der Waals surface area (Å²) in [5.74, 6) is -0.0895. The minimum atomic E-state index is -0.481. The average Bonchev–Trinajstić information content (AvgIpc) is 2.61. The zero-order valence-corrected chi connectivity index (χ0v) is 14.5. The molecule has 4 nitrogen and oxygen atoms in total. The van der Waals surface area contributed by atoms with Crippen molar-refractivity contribution in [1.82, 2.24) is 5.32 Å². The number of rotatable bonds is 4. The van der Waals surface area contributed by atoms with Gasteiger partial charge in [0.05, 0.1) is 5.57 Å². The van der Waals surface area contributed by atoms with Gasteiger partial charge in [-0.05, 0) is 30.2 Å². The number of nitrogens with zero attached hydrogens (tertiary/aromatic N) is 1. The highest BCUT2D eigenvalue weighted by Crippen LogP contribution is 2.32. The summed E-state index contributed by atoms with van der Waals surface area (Å²) in [5, 5.41) is 3.86. The van der Waals surface area contributed by atoms with Crippen molar-refractivity contribution < 1.29 is 9.18 Å². The Hall–Kier alpha value is -2.60. The topological polar surface area (TPSA) is 67.5 Å². The van der Waals surface area contributed by atoms with Crippen LogP contribution < -0.4 is 11.1 Å². The molecular weight excluding hydrogens is 337 g/mol. The first-order valence-corrected chi connectivity index (χ1v) is 8.80. The molecule has 0 radical (unpaired) electrons. The van der Waals surface area contributed by atoms with Crippen molar-refractivity contribution >= 4 is 22.8 Å². The average molecular weight is 355 g/mol. The number of primary amides is 1. The number of hydrogen-bond acceptors (Lipinski definition) is 4. The third kappa shape index (κ3) is 4.09. The number of amides is 1. The molecule has 1 atom stereocenters. The zero-order valence-electron chi connectivity index (χ0n) is 13.7. The fourth-order valence-electron chi connectivity index (χ4n) is 2.65. The van der Waals surface area contributed by atoms with Gasteiger partial charge in [0.25, 0.3) is 0 Å². The van der Waals surface area contributed by atoms with Gasteiger partial charge in [-0.1, -0.05) is 54.2 Å². The van der Waals surface area contributed by atoms with Crippen molar-refractivity contribution in [1.29, 1.82) is 0 Å². The maximum absolute atomic E-state index is 13.0. The number of carbonyl (C=O) groups excluding carboxylic acids is 1. The van der Waals surface area contributed by atoms with E-state index in [-0.39, 0.29) is 5.82 Å². The highest BCUT2D eigenvalue weighted by molar-refractivity contribution is 8.13. The summed E-state index contributed by atoms with van der Waals surface area (Å²) in [6.45, 7) is 1.82. The standard InChI is InChI=1S/C19H18FN3OS/c1-12-16(18(21)24)17(14-5-3-2-4-6-14)23-19(22-12)25-11-13-7-9-15(20)10-8-13/h2-10,17H,11H2,1H3,(H2,21,24)(H,22,23)/t17-/m0/s1. The van der Waals surface area contributed by atoms with E-state index >= 15 is 0 Å². The number of carbonyl (C=O) groups is 1. The monoisotopic (exact) mass is 355 g/mol. The van der Waals surface area contributed by atoms with Gasteiger partial charge in [0, 0.05) is 11.4 Å². The van der Waals surface area contributed by atoms with E-state index in [0.29, 0.717) is 22.2 Å². The molecule has 0 aliphatic carbocycles. The number of amidine groups is 1. The van der Waals surface area contributed by atoms with E-state index in [4.69, 9.17) is 5.73 Å². The van der Waals surface area contributed by atoms with Crippen LogP contribution in [0.15, 0.2) is 70.9 Å². The van der Waals surface area contributed by atoms with E-state index in [1.165, 1.54) is 23.9 Å². The Labute approximate surface area is 150 Å². The first kappa shape index (κ1) is 17.2. The molecule has 6 heteroatoms. The van der Waals surface area contributed by atoms with Gasteiger partial charge in [-0.3, -0.25) is 4.79 Å². The molecule has 2 aromatic carbocycles. The number of nitrogens with one attached hydrogen (secondary N) is 1. The predicted octanol–water partition coefficient (Wildman–Crippen LogP) is 3.52. The Morgan fingerprint density at radius 3 is 2.52 bits per heavy atom. The lowest BCUT2D eigenvalue weighted by molar-refractivity contribution is -0.114. The quantitative estimate of drug-likeness (QED) is 0.882. The van der Waals surface area contributed by atoms with E-state index in [2.05, 4.69) is 10.3 Å². The Morgan fingerprint density at radius 2 is 1.88 bits per heavy atom. The molecule has 0 saturated heterocycles. The summed E-state index contributed by atoms with van der Waals surface area (Å²) in [4.78, 5) is 16.6. The van der Waals surface area contributed by atoms with Gasteiger partial charge in [-0.25, -0.2) is 9.38 Å². The van der Waals surface area contributed by atoms with E-state index in [9.17, 15) is 9.18 Å². The normalized spacial score (nSPS) is 17.0. The molecule has 2 aromatic rings. The number of halogens is 1. The van der Waals surface area contributed by atoms with Crippen molar-refractivity contribution in [3.63, 3.8) is 0 Å². The van der Waals surface area contributed by atoms with Crippen LogP contribution in [-0.4, -0.2) is 11.1 Å². The van der Waals surface area contributed by atoms with Crippen LogP contribution in [0.2, 0.25) is 0 Å². The molecule has 25 heavy (non-hydrogen) atoms. The van der Waals surface area contributed by atoms with Crippen molar-refractivity contribution in [2.45, 2.75) is 18.7 Å². The van der Waals surface area contributed by atoms with Gasteiger partial charge in [0.2, 0.25) is 5.91 Å². The van der Waals surface area contributed by atoms with Crippen molar-refractivity contribution in [2.24, 2.45) is 10.7 Å². The zero-order chi connectivity index (χ0) is 17.8. The molecule has 128 valence electrons. The second kappa shape index (κ2) is 7.53. The Kier molecular flexibility index (Phi) is 5.19. The smallest absolute Gasteiger partial charge is 0.248 e. The van der Waals surface area contributed by atoms with Crippen LogP contribution >= 0.6 is 11.8 Å². The van der Waals surface area contributed by atoms with Crippen LogP contribution in [-0.2, 0) is 10.5 Å². The molecule has 1 amide bonds. The van der Waals surface area contributed by atoms with Gasteiger partial charge in [-0.2, -0.15) is 0 Å². The third-order valence-electron chi connectivity index (χ3n) is 3.89. The van der Waals surface area contributed by atoms with Crippen LogP contribution in [0.4, 0.5) is 4.39 Å². The van der Waals surface area contributed by atoms with Gasteiger partial charge in [0.1, 0.15) is 11.9 Å². The van der Waals surface area contributed by atoms with Crippen molar-refractivity contribution in [2.75, 3.05) is 0 Å². The minimum Gasteiger partial charge on any atom is -0.366 e. The summed E-state index contributed by atoms with van der Waals surface area (Å²) in [6.07, 6.45) is 0. The van der Waals surface area contributed by atoms with Crippen molar-refractivity contribution in [3.8, 4) is 0 Å². The highest BCUT2D eigenvalue weighted by Gasteiger charge is 2.27. The first-order valence-electron chi connectivity index (χ1n) is 7.82. The molecule has 0 saturated carbocycles. The van der Waals surface area contributed by atoms with Crippen LogP contribution in [0.25, 0.3) is 0 Å². The number of benzene rings is 2. The largest absolute Gasteiger partial charge is 0.366 e. The molecule has 0 spiro atoms. The molecule has 0 unspecified atom stereocenters. The molecule has 1 heterocycles. The number of hydrogen-bond donors (Lipinski definition) is 2. The summed E-state index contributed by atoms with van der Waals surface area (Å²) < 4.78 is 13.0. The number of thioether (sulfide) groups is 1. The highest BCUT2D eigenvalue weighted by atomic mass is 32.2. The molecule has 1 aliphatic rings. The maximum atomic E-state index is 13.0. The van der Waals surface area contributed by atoms with Crippen LogP contribution in [0, 0.1) is 5.82 Å². The van der Waals surface area contributed by atoms with E-state index in [1.807, 2.05) is 37.3 Å². The molecule has 3 rings (SSSR count). The summed E-state index contributed by atoms with van der Waals surface area (Å²) >= 11 is 1.50.